The maximum Gasteiger partial charge on any atom is 0.416 e. The first-order chi connectivity index (χ1) is 9.90. The van der Waals surface area contributed by atoms with E-state index in [9.17, 15) is 13.2 Å². The van der Waals surface area contributed by atoms with Gasteiger partial charge in [-0.25, -0.2) is 0 Å². The largest absolute Gasteiger partial charge is 0.437 e. The molecule has 2 aromatic rings. The summed E-state index contributed by atoms with van der Waals surface area (Å²) >= 11 is 0. The fourth-order valence-corrected chi connectivity index (χ4v) is 1.68. The van der Waals surface area contributed by atoms with Gasteiger partial charge in [-0.15, -0.1) is 0 Å². The van der Waals surface area contributed by atoms with Gasteiger partial charge in [0, 0.05) is 18.8 Å². The minimum Gasteiger partial charge on any atom is -0.437 e. The Hall–Kier alpha value is -2.31. The van der Waals surface area contributed by atoms with Crippen LogP contribution in [0.15, 0.2) is 30.5 Å². The summed E-state index contributed by atoms with van der Waals surface area (Å²) in [6.07, 6.45) is -2.89. The zero-order valence-corrected chi connectivity index (χ0v) is 11.5. The van der Waals surface area contributed by atoms with Crippen molar-refractivity contribution in [3.8, 4) is 11.6 Å². The summed E-state index contributed by atoms with van der Waals surface area (Å²) in [7, 11) is 0. The molecule has 2 aromatic heterocycles. The third kappa shape index (κ3) is 3.84. The van der Waals surface area contributed by atoms with E-state index in [-0.39, 0.29) is 11.7 Å². The van der Waals surface area contributed by atoms with Gasteiger partial charge in [0.05, 0.1) is 11.3 Å². The number of pyridine rings is 2. The number of alkyl halides is 3. The van der Waals surface area contributed by atoms with Crippen molar-refractivity contribution < 1.29 is 17.9 Å². The number of nitrogens with one attached hydrogen (secondary N) is 1. The van der Waals surface area contributed by atoms with Gasteiger partial charge in [-0.05, 0) is 32.0 Å². The molecule has 0 fully saturated rings. The van der Waals surface area contributed by atoms with Crippen LogP contribution in [0, 0.1) is 6.92 Å². The van der Waals surface area contributed by atoms with E-state index in [1.807, 2.05) is 0 Å². The van der Waals surface area contributed by atoms with Gasteiger partial charge in [0.2, 0.25) is 5.88 Å². The molecule has 1 N–H and O–H groups in total. The van der Waals surface area contributed by atoms with Crippen molar-refractivity contribution in [3.05, 3.63) is 41.7 Å². The number of nitrogens with zero attached hydrogens (tertiary/aromatic N) is 2. The second-order valence-corrected chi connectivity index (χ2v) is 4.30. The van der Waals surface area contributed by atoms with E-state index in [0.29, 0.717) is 18.0 Å². The van der Waals surface area contributed by atoms with Gasteiger partial charge in [-0.2, -0.15) is 18.2 Å². The van der Waals surface area contributed by atoms with E-state index >= 15 is 0 Å². The van der Waals surface area contributed by atoms with Crippen LogP contribution in [0.25, 0.3) is 0 Å². The maximum absolute atomic E-state index is 12.9. The Morgan fingerprint density at radius 1 is 1.29 bits per heavy atom. The maximum atomic E-state index is 12.9. The summed E-state index contributed by atoms with van der Waals surface area (Å²) in [6, 6.07) is 5.08. The number of ether oxygens (including phenoxy) is 1. The van der Waals surface area contributed by atoms with Gasteiger partial charge in [-0.1, -0.05) is 0 Å². The van der Waals surface area contributed by atoms with Gasteiger partial charge < -0.3 is 10.1 Å². The molecule has 2 heterocycles. The number of aromatic nitrogens is 2. The van der Waals surface area contributed by atoms with Crippen molar-refractivity contribution >= 4 is 5.82 Å². The Bertz CT molecular complexity index is 629. The number of rotatable bonds is 4. The molecule has 4 nitrogen and oxygen atoms in total. The SMILES string of the molecule is CCNc1cc(C(F)(F)F)cc(Oc2cccnc2C)n1. The molecule has 2 rings (SSSR count). The molecule has 0 aliphatic carbocycles. The van der Waals surface area contributed by atoms with Crippen LogP contribution in [0.1, 0.15) is 18.2 Å². The fraction of sp³-hybridized carbons (Fsp3) is 0.286. The summed E-state index contributed by atoms with van der Waals surface area (Å²) < 4.78 is 44.1. The summed E-state index contributed by atoms with van der Waals surface area (Å²) in [6.45, 7) is 3.93. The molecule has 0 radical (unpaired) electrons. The second kappa shape index (κ2) is 5.99. The van der Waals surface area contributed by atoms with Crippen LogP contribution in [-0.4, -0.2) is 16.5 Å². The van der Waals surface area contributed by atoms with Crippen LogP contribution in [0.5, 0.6) is 11.6 Å². The number of halogens is 3. The van der Waals surface area contributed by atoms with Crippen molar-refractivity contribution in [2.45, 2.75) is 20.0 Å². The highest BCUT2D eigenvalue weighted by molar-refractivity contribution is 5.44. The van der Waals surface area contributed by atoms with Crippen molar-refractivity contribution in [3.63, 3.8) is 0 Å². The molecule has 0 aromatic carbocycles. The van der Waals surface area contributed by atoms with Crippen LogP contribution in [0.2, 0.25) is 0 Å². The van der Waals surface area contributed by atoms with Crippen LogP contribution in [0.3, 0.4) is 0 Å². The highest BCUT2D eigenvalue weighted by Gasteiger charge is 2.32. The normalized spacial score (nSPS) is 11.3. The second-order valence-electron chi connectivity index (χ2n) is 4.30. The average Bonchev–Trinajstić information content (AvgIpc) is 2.41. The van der Waals surface area contributed by atoms with Crippen molar-refractivity contribution in [1.82, 2.24) is 9.97 Å². The van der Waals surface area contributed by atoms with Gasteiger partial charge in [0.1, 0.15) is 5.82 Å². The van der Waals surface area contributed by atoms with Gasteiger partial charge in [0.25, 0.3) is 0 Å². The monoisotopic (exact) mass is 297 g/mol. The molecule has 21 heavy (non-hydrogen) atoms. The summed E-state index contributed by atoms with van der Waals surface area (Å²) in [5, 5.41) is 2.75. The highest BCUT2D eigenvalue weighted by Crippen LogP contribution is 2.34. The van der Waals surface area contributed by atoms with Gasteiger partial charge in [0.15, 0.2) is 5.75 Å². The third-order valence-corrected chi connectivity index (χ3v) is 2.66. The molecular weight excluding hydrogens is 283 g/mol. The molecule has 7 heteroatoms. The molecule has 112 valence electrons. The Morgan fingerprint density at radius 2 is 2.05 bits per heavy atom. The lowest BCUT2D eigenvalue weighted by molar-refractivity contribution is -0.137. The predicted molar refractivity (Wildman–Crippen MR) is 72.5 cm³/mol. The minimum atomic E-state index is -4.46. The first kappa shape index (κ1) is 15.1. The molecule has 0 spiro atoms. The third-order valence-electron chi connectivity index (χ3n) is 2.66. The predicted octanol–water partition coefficient (Wildman–Crippen LogP) is 4.03. The fourth-order valence-electron chi connectivity index (χ4n) is 1.68. The van der Waals surface area contributed by atoms with E-state index in [0.717, 1.165) is 12.1 Å². The van der Waals surface area contributed by atoms with Crippen LogP contribution < -0.4 is 10.1 Å². The summed E-state index contributed by atoms with van der Waals surface area (Å²) in [5.41, 5.74) is -0.244. The smallest absolute Gasteiger partial charge is 0.416 e. The minimum absolute atomic E-state index is 0.115. The Labute approximate surface area is 120 Å². The molecule has 0 saturated heterocycles. The standard InChI is InChI=1S/C14H14F3N3O/c1-3-18-12-7-10(14(15,16)17)8-13(20-12)21-11-5-4-6-19-9(11)2/h4-8H,3H2,1-2H3,(H,18,20). The Morgan fingerprint density at radius 3 is 2.67 bits per heavy atom. The highest BCUT2D eigenvalue weighted by atomic mass is 19.4. The van der Waals surface area contributed by atoms with E-state index in [1.165, 1.54) is 0 Å². The Balaban J connectivity index is 2.38. The molecule has 0 aliphatic rings. The average molecular weight is 297 g/mol. The number of anilines is 1. The lowest BCUT2D eigenvalue weighted by atomic mass is 10.2. The molecule has 0 aliphatic heterocycles. The van der Waals surface area contributed by atoms with E-state index in [4.69, 9.17) is 4.74 Å². The molecule has 0 unspecified atom stereocenters. The number of hydrogen-bond acceptors (Lipinski definition) is 4. The molecular formula is C14H14F3N3O. The first-order valence-electron chi connectivity index (χ1n) is 6.32. The van der Waals surface area contributed by atoms with Crippen LogP contribution >= 0.6 is 0 Å². The van der Waals surface area contributed by atoms with E-state index < -0.39 is 11.7 Å². The topological polar surface area (TPSA) is 47.0 Å². The lowest BCUT2D eigenvalue weighted by Gasteiger charge is -2.13. The quantitative estimate of drug-likeness (QED) is 0.925. The molecule has 0 bridgehead atoms. The zero-order valence-electron chi connectivity index (χ0n) is 11.5. The van der Waals surface area contributed by atoms with E-state index in [2.05, 4.69) is 15.3 Å². The van der Waals surface area contributed by atoms with Crippen LogP contribution in [0.4, 0.5) is 19.0 Å². The molecule has 0 amide bonds. The van der Waals surface area contributed by atoms with Crippen LogP contribution in [-0.2, 0) is 6.18 Å². The summed E-state index contributed by atoms with van der Waals surface area (Å²) in [4.78, 5) is 8.03. The molecule has 0 saturated carbocycles. The lowest BCUT2D eigenvalue weighted by Crippen LogP contribution is -2.08. The van der Waals surface area contributed by atoms with E-state index in [1.54, 1.807) is 32.2 Å². The van der Waals surface area contributed by atoms with Crippen molar-refractivity contribution in [2.75, 3.05) is 11.9 Å². The van der Waals surface area contributed by atoms with Crippen molar-refractivity contribution in [2.24, 2.45) is 0 Å². The number of aryl methyl sites for hydroxylation is 1. The van der Waals surface area contributed by atoms with Gasteiger partial charge >= 0.3 is 6.18 Å². The van der Waals surface area contributed by atoms with Gasteiger partial charge in [-0.3, -0.25) is 4.98 Å². The Kier molecular flexibility index (Phi) is 4.30. The summed E-state index contributed by atoms with van der Waals surface area (Å²) in [5.74, 6) is 0.354. The first-order valence-corrected chi connectivity index (χ1v) is 6.32. The number of hydrogen-bond donors (Lipinski definition) is 1. The molecule has 0 atom stereocenters. The zero-order chi connectivity index (χ0) is 15.5. The van der Waals surface area contributed by atoms with Crippen molar-refractivity contribution in [1.29, 1.82) is 0 Å².